The van der Waals surface area contributed by atoms with Crippen LogP contribution in [-0.2, 0) is 30.5 Å². The molecule has 0 saturated carbocycles. The number of benzene rings is 1. The minimum absolute atomic E-state index is 0.194. The lowest BCUT2D eigenvalue weighted by molar-refractivity contribution is 0.0331. The predicted octanol–water partition coefficient (Wildman–Crippen LogP) is 3.81. The van der Waals surface area contributed by atoms with Crippen LogP contribution in [0.4, 0.5) is 10.2 Å². The number of hydrogen-bond donors (Lipinski definition) is 1. The number of rotatable bonds is 6. The van der Waals surface area contributed by atoms with Gasteiger partial charge in [-0.25, -0.2) is 14.4 Å². The number of fused-ring (bicyclic) bond motifs is 3. The molecule has 3 heterocycles. The molecule has 5 nitrogen and oxygen atoms in total. The fourth-order valence-electron chi connectivity index (χ4n) is 4.17. The average molecular weight is 413 g/mol. The number of nitrogens with one attached hydrogen (secondary N) is 1. The standard InChI is InChI=1S/C22H25FN4OS/c23-16-6-4-15(5-7-16)8-9-24-21-20-17-2-1-3-18(17)29-22(20)26-19(25-21)14-27-10-12-28-13-11-27/h4-7H,1-3,8-14H2,(H,24,25,26). The quantitative estimate of drug-likeness (QED) is 0.667. The normalized spacial score (nSPS) is 17.0. The summed E-state index contributed by atoms with van der Waals surface area (Å²) in [5.41, 5.74) is 2.56. The number of ether oxygens (including phenoxy) is 1. The Labute approximate surface area is 173 Å². The molecule has 0 atom stereocenters. The van der Waals surface area contributed by atoms with Gasteiger partial charge >= 0.3 is 0 Å². The maximum atomic E-state index is 13.1. The summed E-state index contributed by atoms with van der Waals surface area (Å²) in [6.45, 7) is 4.93. The van der Waals surface area contributed by atoms with E-state index in [4.69, 9.17) is 14.7 Å². The third-order valence-corrected chi connectivity index (χ3v) is 6.88. The van der Waals surface area contributed by atoms with Crippen LogP contribution in [0.3, 0.4) is 0 Å². The number of halogens is 1. The van der Waals surface area contributed by atoms with Crippen LogP contribution in [0.15, 0.2) is 24.3 Å². The van der Waals surface area contributed by atoms with Crippen LogP contribution < -0.4 is 5.32 Å². The van der Waals surface area contributed by atoms with Crippen molar-refractivity contribution in [3.63, 3.8) is 0 Å². The first-order valence-electron chi connectivity index (χ1n) is 10.4. The minimum atomic E-state index is -0.194. The summed E-state index contributed by atoms with van der Waals surface area (Å²) in [5, 5.41) is 4.78. The van der Waals surface area contributed by atoms with Crippen LogP contribution >= 0.6 is 11.3 Å². The number of aryl methyl sites for hydroxylation is 2. The van der Waals surface area contributed by atoms with Crippen molar-refractivity contribution in [1.82, 2.24) is 14.9 Å². The second-order valence-corrected chi connectivity index (χ2v) is 8.80. The van der Waals surface area contributed by atoms with Gasteiger partial charge < -0.3 is 10.1 Å². The number of thiophene rings is 1. The van der Waals surface area contributed by atoms with Gasteiger partial charge in [0.1, 0.15) is 22.3 Å². The topological polar surface area (TPSA) is 50.3 Å². The summed E-state index contributed by atoms with van der Waals surface area (Å²) < 4.78 is 18.6. The van der Waals surface area contributed by atoms with E-state index in [0.717, 1.165) is 80.7 Å². The third kappa shape index (κ3) is 4.13. The number of aromatic nitrogens is 2. The van der Waals surface area contributed by atoms with Crippen molar-refractivity contribution in [3.05, 3.63) is 51.9 Å². The van der Waals surface area contributed by atoms with E-state index < -0.39 is 0 Å². The van der Waals surface area contributed by atoms with E-state index in [1.54, 1.807) is 0 Å². The van der Waals surface area contributed by atoms with E-state index >= 15 is 0 Å². The molecule has 7 heteroatoms. The highest BCUT2D eigenvalue weighted by Gasteiger charge is 2.23. The van der Waals surface area contributed by atoms with Gasteiger partial charge in [-0.1, -0.05) is 12.1 Å². The number of hydrogen-bond acceptors (Lipinski definition) is 6. The smallest absolute Gasteiger partial charge is 0.146 e. The molecule has 5 rings (SSSR count). The lowest BCUT2D eigenvalue weighted by Crippen LogP contribution is -2.36. The summed E-state index contributed by atoms with van der Waals surface area (Å²) in [4.78, 5) is 14.8. The van der Waals surface area contributed by atoms with Crippen LogP contribution in [0, 0.1) is 5.82 Å². The van der Waals surface area contributed by atoms with Crippen LogP contribution in [0.2, 0.25) is 0 Å². The molecular weight excluding hydrogens is 387 g/mol. The van der Waals surface area contributed by atoms with E-state index in [9.17, 15) is 4.39 Å². The second-order valence-electron chi connectivity index (χ2n) is 7.72. The Bertz CT molecular complexity index is 998. The third-order valence-electron chi connectivity index (χ3n) is 5.70. The Morgan fingerprint density at radius 1 is 1.10 bits per heavy atom. The molecule has 1 N–H and O–H groups in total. The molecule has 2 aliphatic rings. The SMILES string of the molecule is Fc1ccc(CCNc2nc(CN3CCOCC3)nc3sc4c(c23)CCC4)cc1. The van der Waals surface area contributed by atoms with Gasteiger partial charge in [0.15, 0.2) is 0 Å². The highest BCUT2D eigenvalue weighted by atomic mass is 32.1. The summed E-state index contributed by atoms with van der Waals surface area (Å²) in [6, 6.07) is 6.73. The van der Waals surface area contributed by atoms with Crippen molar-refractivity contribution in [2.75, 3.05) is 38.2 Å². The van der Waals surface area contributed by atoms with Crippen molar-refractivity contribution in [3.8, 4) is 0 Å². The molecule has 0 bridgehead atoms. The van der Waals surface area contributed by atoms with Crippen molar-refractivity contribution >= 4 is 27.4 Å². The largest absolute Gasteiger partial charge is 0.379 e. The molecule has 3 aromatic rings. The highest BCUT2D eigenvalue weighted by molar-refractivity contribution is 7.19. The Hall–Kier alpha value is -2.09. The molecule has 1 saturated heterocycles. The molecule has 0 spiro atoms. The van der Waals surface area contributed by atoms with Crippen LogP contribution in [-0.4, -0.2) is 47.7 Å². The number of morpholine rings is 1. The van der Waals surface area contributed by atoms with Gasteiger partial charge in [-0.2, -0.15) is 0 Å². The zero-order valence-corrected chi connectivity index (χ0v) is 17.2. The van der Waals surface area contributed by atoms with Crippen LogP contribution in [0.5, 0.6) is 0 Å². The molecule has 2 aromatic heterocycles. The van der Waals surface area contributed by atoms with E-state index in [0.29, 0.717) is 0 Å². The maximum Gasteiger partial charge on any atom is 0.146 e. The summed E-state index contributed by atoms with van der Waals surface area (Å²) in [5.74, 6) is 1.64. The zero-order chi connectivity index (χ0) is 19.6. The lowest BCUT2D eigenvalue weighted by atomic mass is 10.1. The minimum Gasteiger partial charge on any atom is -0.379 e. The fraction of sp³-hybridized carbons (Fsp3) is 0.455. The van der Waals surface area contributed by atoms with Crippen molar-refractivity contribution < 1.29 is 9.13 Å². The summed E-state index contributed by atoms with van der Waals surface area (Å²) in [7, 11) is 0. The molecule has 1 aliphatic carbocycles. The molecule has 0 unspecified atom stereocenters. The number of nitrogens with zero attached hydrogens (tertiary/aromatic N) is 3. The first-order chi connectivity index (χ1) is 14.3. The van der Waals surface area contributed by atoms with Gasteiger partial charge in [0.05, 0.1) is 25.1 Å². The first-order valence-corrected chi connectivity index (χ1v) is 11.2. The molecule has 1 aromatic carbocycles. The van der Waals surface area contributed by atoms with Crippen molar-refractivity contribution in [2.45, 2.75) is 32.2 Å². The Balaban J connectivity index is 1.39. The van der Waals surface area contributed by atoms with E-state index in [1.807, 2.05) is 23.5 Å². The number of anilines is 1. The van der Waals surface area contributed by atoms with Gasteiger partial charge in [-0.15, -0.1) is 11.3 Å². The zero-order valence-electron chi connectivity index (χ0n) is 16.4. The fourth-order valence-corrected chi connectivity index (χ4v) is 5.45. The van der Waals surface area contributed by atoms with Gasteiger partial charge in [-0.05, 0) is 48.9 Å². The summed E-state index contributed by atoms with van der Waals surface area (Å²) >= 11 is 1.83. The van der Waals surface area contributed by atoms with E-state index in [-0.39, 0.29) is 5.82 Å². The molecule has 0 amide bonds. The first kappa shape index (κ1) is 18.9. The predicted molar refractivity (Wildman–Crippen MR) is 114 cm³/mol. The Kier molecular flexibility index (Phi) is 5.44. The van der Waals surface area contributed by atoms with Crippen molar-refractivity contribution in [1.29, 1.82) is 0 Å². The van der Waals surface area contributed by atoms with Gasteiger partial charge in [0.2, 0.25) is 0 Å². The van der Waals surface area contributed by atoms with Gasteiger partial charge in [0, 0.05) is 24.5 Å². The average Bonchev–Trinajstić information content (AvgIpc) is 3.31. The lowest BCUT2D eigenvalue weighted by Gasteiger charge is -2.25. The Morgan fingerprint density at radius 2 is 1.93 bits per heavy atom. The monoisotopic (exact) mass is 412 g/mol. The molecule has 1 aliphatic heterocycles. The maximum absolute atomic E-state index is 13.1. The summed E-state index contributed by atoms with van der Waals surface area (Å²) in [6.07, 6.45) is 4.33. The van der Waals surface area contributed by atoms with Crippen LogP contribution in [0.1, 0.15) is 28.2 Å². The highest BCUT2D eigenvalue weighted by Crippen LogP contribution is 2.39. The van der Waals surface area contributed by atoms with Gasteiger partial charge in [0.25, 0.3) is 0 Å². The second kappa shape index (κ2) is 8.34. The molecule has 152 valence electrons. The van der Waals surface area contributed by atoms with E-state index in [2.05, 4.69) is 10.2 Å². The Morgan fingerprint density at radius 3 is 2.76 bits per heavy atom. The molecule has 0 radical (unpaired) electrons. The van der Waals surface area contributed by atoms with Crippen molar-refractivity contribution in [2.24, 2.45) is 0 Å². The van der Waals surface area contributed by atoms with Crippen LogP contribution in [0.25, 0.3) is 10.2 Å². The molecular formula is C22H25FN4OS. The molecule has 1 fully saturated rings. The molecule has 29 heavy (non-hydrogen) atoms. The van der Waals surface area contributed by atoms with E-state index in [1.165, 1.54) is 34.4 Å². The van der Waals surface area contributed by atoms with Gasteiger partial charge in [-0.3, -0.25) is 4.90 Å².